The van der Waals surface area contributed by atoms with Gasteiger partial charge in [-0.25, -0.2) is 0 Å². The van der Waals surface area contributed by atoms with Gasteiger partial charge in [-0.3, -0.25) is 4.90 Å². The van der Waals surface area contributed by atoms with E-state index >= 15 is 0 Å². The van der Waals surface area contributed by atoms with Gasteiger partial charge in [0.05, 0.1) is 0 Å². The molecule has 0 fully saturated rings. The van der Waals surface area contributed by atoms with Crippen molar-refractivity contribution in [2.75, 3.05) is 19.8 Å². The zero-order valence-electron chi connectivity index (χ0n) is 6.56. The molecule has 0 rings (SSSR count). The third-order valence-corrected chi connectivity index (χ3v) is 1.34. The Kier molecular flexibility index (Phi) is 5.99. The minimum absolute atomic E-state index is 0.710. The molecule has 0 saturated carbocycles. The van der Waals surface area contributed by atoms with Gasteiger partial charge in [0.1, 0.15) is 0 Å². The lowest BCUT2D eigenvalue weighted by Gasteiger charge is -2.17. The second-order valence-electron chi connectivity index (χ2n) is 2.30. The van der Waals surface area contributed by atoms with E-state index in [1.807, 2.05) is 0 Å². The summed E-state index contributed by atoms with van der Waals surface area (Å²) in [5.74, 6) is 0. The molecule has 0 aromatic heterocycles. The molecule has 0 amide bonds. The van der Waals surface area contributed by atoms with Crippen molar-refractivity contribution in [2.45, 2.75) is 26.7 Å². The summed E-state index contributed by atoms with van der Waals surface area (Å²) in [6, 6.07) is 0. The van der Waals surface area contributed by atoms with Crippen LogP contribution in [0.3, 0.4) is 0 Å². The van der Waals surface area contributed by atoms with Gasteiger partial charge >= 0.3 is 0 Å². The van der Waals surface area contributed by atoms with Crippen LogP contribution in [-0.2, 0) is 0 Å². The molecule has 9 heavy (non-hydrogen) atoms. The SMILES string of the molecule is CCCN(CN)CCC. The molecule has 0 atom stereocenters. The highest BCUT2D eigenvalue weighted by Crippen LogP contribution is 1.89. The zero-order chi connectivity index (χ0) is 7.11. The molecule has 0 aliphatic heterocycles. The normalized spacial score (nSPS) is 10.7. The van der Waals surface area contributed by atoms with Crippen LogP contribution in [0.1, 0.15) is 26.7 Å². The first-order chi connectivity index (χ1) is 4.35. The maximum atomic E-state index is 5.47. The second-order valence-corrected chi connectivity index (χ2v) is 2.30. The fourth-order valence-corrected chi connectivity index (χ4v) is 0.927. The number of hydrogen-bond donors (Lipinski definition) is 1. The third-order valence-electron chi connectivity index (χ3n) is 1.34. The average Bonchev–Trinajstić information content (AvgIpc) is 1.88. The van der Waals surface area contributed by atoms with Gasteiger partial charge in [-0.2, -0.15) is 0 Å². The Hall–Kier alpha value is -0.0800. The van der Waals surface area contributed by atoms with Gasteiger partial charge in [0.2, 0.25) is 0 Å². The number of nitrogens with two attached hydrogens (primary N) is 1. The minimum Gasteiger partial charge on any atom is -0.318 e. The largest absolute Gasteiger partial charge is 0.318 e. The first-order valence-corrected chi connectivity index (χ1v) is 3.77. The lowest BCUT2D eigenvalue weighted by molar-refractivity contribution is 0.283. The summed E-state index contributed by atoms with van der Waals surface area (Å²) in [7, 11) is 0. The van der Waals surface area contributed by atoms with Gasteiger partial charge in [-0.05, 0) is 25.9 Å². The smallest absolute Gasteiger partial charge is 0.0455 e. The molecular weight excluding hydrogens is 112 g/mol. The van der Waals surface area contributed by atoms with Crippen LogP contribution >= 0.6 is 0 Å². The first kappa shape index (κ1) is 8.92. The summed E-state index contributed by atoms with van der Waals surface area (Å²) in [5.41, 5.74) is 5.47. The zero-order valence-corrected chi connectivity index (χ0v) is 6.56. The van der Waals surface area contributed by atoms with E-state index in [-0.39, 0.29) is 0 Å². The van der Waals surface area contributed by atoms with E-state index in [2.05, 4.69) is 18.7 Å². The molecule has 2 N–H and O–H groups in total. The summed E-state index contributed by atoms with van der Waals surface area (Å²) in [5, 5.41) is 0. The molecule has 0 saturated heterocycles. The highest BCUT2D eigenvalue weighted by Gasteiger charge is 1.95. The molecule has 2 heteroatoms. The van der Waals surface area contributed by atoms with Gasteiger partial charge in [-0.15, -0.1) is 0 Å². The quantitative estimate of drug-likeness (QED) is 0.563. The van der Waals surface area contributed by atoms with Crippen molar-refractivity contribution in [1.82, 2.24) is 4.90 Å². The molecule has 0 radical (unpaired) electrons. The minimum atomic E-state index is 0.710. The maximum Gasteiger partial charge on any atom is 0.0455 e. The van der Waals surface area contributed by atoms with E-state index in [0.29, 0.717) is 6.67 Å². The summed E-state index contributed by atoms with van der Waals surface area (Å²) in [6.45, 7) is 7.35. The topological polar surface area (TPSA) is 29.3 Å². The summed E-state index contributed by atoms with van der Waals surface area (Å²) >= 11 is 0. The molecule has 0 unspecified atom stereocenters. The first-order valence-electron chi connectivity index (χ1n) is 3.77. The van der Waals surface area contributed by atoms with Gasteiger partial charge in [0, 0.05) is 6.67 Å². The lowest BCUT2D eigenvalue weighted by Crippen LogP contribution is -2.31. The van der Waals surface area contributed by atoms with Crippen LogP contribution in [0.25, 0.3) is 0 Å². The lowest BCUT2D eigenvalue weighted by atomic mass is 10.4. The van der Waals surface area contributed by atoms with E-state index in [9.17, 15) is 0 Å². The van der Waals surface area contributed by atoms with Crippen LogP contribution in [-0.4, -0.2) is 24.7 Å². The summed E-state index contributed by atoms with van der Waals surface area (Å²) < 4.78 is 0. The summed E-state index contributed by atoms with van der Waals surface area (Å²) in [4.78, 5) is 2.26. The van der Waals surface area contributed by atoms with Crippen molar-refractivity contribution in [3.63, 3.8) is 0 Å². The van der Waals surface area contributed by atoms with Gasteiger partial charge in [0.15, 0.2) is 0 Å². The average molecular weight is 130 g/mol. The van der Waals surface area contributed by atoms with Crippen LogP contribution < -0.4 is 5.73 Å². The van der Waals surface area contributed by atoms with Crippen LogP contribution in [0, 0.1) is 0 Å². The molecule has 56 valence electrons. The Morgan fingerprint density at radius 3 is 1.78 bits per heavy atom. The van der Waals surface area contributed by atoms with E-state index < -0.39 is 0 Å². The fourth-order valence-electron chi connectivity index (χ4n) is 0.927. The van der Waals surface area contributed by atoms with Gasteiger partial charge in [-0.1, -0.05) is 13.8 Å². The maximum absolute atomic E-state index is 5.47. The van der Waals surface area contributed by atoms with Crippen molar-refractivity contribution in [3.8, 4) is 0 Å². The second kappa shape index (κ2) is 6.05. The number of hydrogen-bond acceptors (Lipinski definition) is 2. The number of rotatable bonds is 5. The Morgan fingerprint density at radius 1 is 1.11 bits per heavy atom. The standard InChI is InChI=1S/C7H18N2/c1-3-5-9(7-8)6-4-2/h3-8H2,1-2H3. The van der Waals surface area contributed by atoms with Crippen molar-refractivity contribution in [2.24, 2.45) is 5.73 Å². The Balaban J connectivity index is 3.18. The molecule has 0 heterocycles. The van der Waals surface area contributed by atoms with Crippen LogP contribution in [0.4, 0.5) is 0 Å². The molecule has 0 aliphatic rings. The molecule has 0 aliphatic carbocycles. The Labute approximate surface area is 58.0 Å². The van der Waals surface area contributed by atoms with Gasteiger partial charge < -0.3 is 5.73 Å². The highest BCUT2D eigenvalue weighted by molar-refractivity contribution is 4.50. The highest BCUT2D eigenvalue weighted by atomic mass is 15.2. The van der Waals surface area contributed by atoms with E-state index in [1.165, 1.54) is 12.8 Å². The van der Waals surface area contributed by atoms with Crippen molar-refractivity contribution >= 4 is 0 Å². The molecule has 0 aromatic carbocycles. The van der Waals surface area contributed by atoms with Gasteiger partial charge in [0.25, 0.3) is 0 Å². The van der Waals surface area contributed by atoms with E-state index in [0.717, 1.165) is 13.1 Å². The molecular formula is C7H18N2. The van der Waals surface area contributed by atoms with Crippen LogP contribution in [0.5, 0.6) is 0 Å². The molecule has 0 bridgehead atoms. The molecule has 0 spiro atoms. The predicted molar refractivity (Wildman–Crippen MR) is 41.2 cm³/mol. The van der Waals surface area contributed by atoms with Crippen molar-refractivity contribution in [1.29, 1.82) is 0 Å². The Bertz CT molecular complexity index is 48.9. The van der Waals surface area contributed by atoms with Crippen LogP contribution in [0.15, 0.2) is 0 Å². The summed E-state index contributed by atoms with van der Waals surface area (Å²) in [6.07, 6.45) is 2.41. The van der Waals surface area contributed by atoms with Crippen molar-refractivity contribution in [3.05, 3.63) is 0 Å². The predicted octanol–water partition coefficient (Wildman–Crippen LogP) is 1.02. The monoisotopic (exact) mass is 130 g/mol. The fraction of sp³-hybridized carbons (Fsp3) is 1.00. The molecule has 0 aromatic rings. The van der Waals surface area contributed by atoms with E-state index in [4.69, 9.17) is 5.73 Å². The van der Waals surface area contributed by atoms with Crippen LogP contribution in [0.2, 0.25) is 0 Å². The number of nitrogens with zero attached hydrogens (tertiary/aromatic N) is 1. The molecule has 2 nitrogen and oxygen atoms in total. The van der Waals surface area contributed by atoms with E-state index in [1.54, 1.807) is 0 Å². The third kappa shape index (κ3) is 4.43. The van der Waals surface area contributed by atoms with Crippen molar-refractivity contribution < 1.29 is 0 Å². The Morgan fingerprint density at radius 2 is 1.56 bits per heavy atom.